The number of nitrogens with zero attached hydrogens (tertiary/aromatic N) is 1. The Labute approximate surface area is 199 Å². The van der Waals surface area contributed by atoms with Crippen molar-refractivity contribution in [2.75, 3.05) is 19.6 Å². The van der Waals surface area contributed by atoms with E-state index in [9.17, 15) is 14.7 Å². The van der Waals surface area contributed by atoms with Crippen LogP contribution < -0.4 is 0 Å². The highest BCUT2D eigenvalue weighted by Gasteiger charge is 2.48. The van der Waals surface area contributed by atoms with E-state index in [0.29, 0.717) is 38.0 Å². The molecule has 3 aromatic carbocycles. The Morgan fingerprint density at radius 2 is 1.38 bits per heavy atom. The molecule has 0 aliphatic carbocycles. The average molecular weight is 494 g/mol. The van der Waals surface area contributed by atoms with Gasteiger partial charge in [-0.3, -0.25) is 9.59 Å². The van der Waals surface area contributed by atoms with Gasteiger partial charge in [0.05, 0.1) is 0 Å². The number of benzene rings is 3. The molecule has 1 N–H and O–H groups in total. The van der Waals surface area contributed by atoms with Crippen molar-refractivity contribution < 1.29 is 14.7 Å². The fourth-order valence-electron chi connectivity index (χ4n) is 4.41. The summed E-state index contributed by atoms with van der Waals surface area (Å²) in [6, 6.07) is 28.0. The van der Waals surface area contributed by atoms with E-state index in [-0.39, 0.29) is 34.5 Å². The molecule has 0 saturated carbocycles. The second-order valence-electron chi connectivity index (χ2n) is 8.17. The molecule has 0 amide bonds. The molecule has 4 nitrogen and oxygen atoms in total. The van der Waals surface area contributed by atoms with Crippen molar-refractivity contribution in [3.8, 4) is 0 Å². The lowest BCUT2D eigenvalue weighted by Gasteiger charge is -2.44. The molecule has 0 radical (unpaired) electrons. The van der Waals surface area contributed by atoms with Crippen molar-refractivity contribution in [2.45, 2.75) is 24.4 Å². The number of hydrogen-bond acceptors (Lipinski definition) is 4. The molecule has 5 heteroatoms. The number of hydrogen-bond donors (Lipinski definition) is 1. The van der Waals surface area contributed by atoms with Crippen LogP contribution in [0.2, 0.25) is 0 Å². The molecule has 4 rings (SSSR count). The maximum Gasteiger partial charge on any atom is 0.195 e. The minimum Gasteiger partial charge on any atom is -0.381 e. The summed E-state index contributed by atoms with van der Waals surface area (Å²) in [5.41, 5.74) is 0.713. The average Bonchev–Trinajstić information content (AvgIpc) is 2.84. The molecule has 1 saturated heterocycles. The van der Waals surface area contributed by atoms with E-state index in [1.54, 1.807) is 12.1 Å². The molecule has 0 bridgehead atoms. The number of Topliss-reactive ketones (excluding diaryl/α,β-unsaturated/α-hetero) is 2. The van der Waals surface area contributed by atoms with Crippen LogP contribution in [0.3, 0.4) is 0 Å². The minimum absolute atomic E-state index is 0. The molecule has 1 heterocycles. The number of rotatable bonds is 7. The first-order valence-corrected chi connectivity index (χ1v) is 10.8. The van der Waals surface area contributed by atoms with E-state index in [1.165, 1.54) is 0 Å². The molecule has 1 aliphatic rings. The molecular formula is C27H28BrNO3. The molecule has 32 heavy (non-hydrogen) atoms. The van der Waals surface area contributed by atoms with E-state index in [1.807, 2.05) is 78.9 Å². The Morgan fingerprint density at radius 1 is 0.844 bits per heavy atom. The van der Waals surface area contributed by atoms with Crippen molar-refractivity contribution >= 4 is 28.5 Å². The number of carbonyl (C=O) groups excluding carboxylic acids is 2. The number of aliphatic hydroxyl groups is 1. The largest absolute Gasteiger partial charge is 0.381 e. The van der Waals surface area contributed by atoms with Crippen molar-refractivity contribution in [2.24, 2.45) is 0 Å². The summed E-state index contributed by atoms with van der Waals surface area (Å²) in [7, 11) is 0. The van der Waals surface area contributed by atoms with Gasteiger partial charge in [-0.1, -0.05) is 91.0 Å². The quantitative estimate of drug-likeness (QED) is 0.473. The summed E-state index contributed by atoms with van der Waals surface area (Å²) >= 11 is 0. The summed E-state index contributed by atoms with van der Waals surface area (Å²) in [6.45, 7) is 1.70. The molecule has 3 aromatic rings. The van der Waals surface area contributed by atoms with Gasteiger partial charge in [0.2, 0.25) is 0 Å². The Balaban J connectivity index is 0.00000289. The topological polar surface area (TPSA) is 57.6 Å². The highest BCUT2D eigenvalue weighted by Crippen LogP contribution is 2.38. The lowest BCUT2D eigenvalue weighted by molar-refractivity contribution is -0.0221. The van der Waals surface area contributed by atoms with Crippen molar-refractivity contribution in [3.63, 3.8) is 0 Å². The van der Waals surface area contributed by atoms with Gasteiger partial charge < -0.3 is 10.0 Å². The normalized spacial score (nSPS) is 20.8. The lowest BCUT2D eigenvalue weighted by Crippen LogP contribution is -2.55. The van der Waals surface area contributed by atoms with Crippen LogP contribution in [0.15, 0.2) is 91.0 Å². The zero-order valence-corrected chi connectivity index (χ0v) is 19.6. The Bertz CT molecular complexity index is 1030. The van der Waals surface area contributed by atoms with Gasteiger partial charge in [-0.2, -0.15) is 0 Å². The second-order valence-corrected chi connectivity index (χ2v) is 8.17. The van der Waals surface area contributed by atoms with Crippen LogP contribution in [0.5, 0.6) is 0 Å². The fraction of sp³-hybridized carbons (Fsp3) is 0.259. The molecule has 2 unspecified atom stereocenters. The fourth-order valence-corrected chi connectivity index (χ4v) is 4.41. The van der Waals surface area contributed by atoms with Crippen LogP contribution >= 0.6 is 17.0 Å². The number of likely N-dealkylation sites (tertiary alicyclic amines) is 1. The Kier molecular flexibility index (Phi) is 8.13. The monoisotopic (exact) mass is 493 g/mol. The number of piperidine rings is 1. The van der Waals surface area contributed by atoms with Crippen LogP contribution in [0.25, 0.3) is 0 Å². The standard InChI is InChI=1S/C27H27NO3.BrH/c29-25(22-12-6-2-7-13-22)16-18-28-19-17-27(31,26(30)23-14-8-3-9-15-23)24(20-28)21-10-4-1-5-11-21;/h1-15,24,31H,16-20H2;1H. The number of carbonyl (C=O) groups is 2. The smallest absolute Gasteiger partial charge is 0.195 e. The van der Waals surface area contributed by atoms with Gasteiger partial charge in [-0.05, 0) is 12.0 Å². The minimum atomic E-state index is -1.47. The van der Waals surface area contributed by atoms with Gasteiger partial charge in [0.25, 0.3) is 0 Å². The van der Waals surface area contributed by atoms with E-state index in [2.05, 4.69) is 4.90 Å². The maximum absolute atomic E-state index is 13.3. The van der Waals surface area contributed by atoms with E-state index < -0.39 is 5.60 Å². The van der Waals surface area contributed by atoms with Gasteiger partial charge in [0.1, 0.15) is 5.60 Å². The zero-order valence-electron chi connectivity index (χ0n) is 17.9. The van der Waals surface area contributed by atoms with Gasteiger partial charge in [0.15, 0.2) is 11.6 Å². The second kappa shape index (κ2) is 10.8. The zero-order chi connectivity index (χ0) is 21.7. The Morgan fingerprint density at radius 3 is 1.97 bits per heavy atom. The number of ketones is 2. The van der Waals surface area contributed by atoms with Gasteiger partial charge in [-0.25, -0.2) is 0 Å². The molecule has 166 valence electrons. The van der Waals surface area contributed by atoms with Crippen molar-refractivity contribution in [3.05, 3.63) is 108 Å². The summed E-state index contributed by atoms with van der Waals surface area (Å²) in [5.74, 6) is -0.484. The van der Waals surface area contributed by atoms with Crippen LogP contribution in [-0.2, 0) is 0 Å². The van der Waals surface area contributed by atoms with E-state index >= 15 is 0 Å². The Hall–Kier alpha value is -2.60. The first-order chi connectivity index (χ1) is 15.1. The molecule has 0 spiro atoms. The first kappa shape index (κ1) is 24.1. The molecule has 2 atom stereocenters. The summed E-state index contributed by atoms with van der Waals surface area (Å²) in [5, 5.41) is 11.6. The van der Waals surface area contributed by atoms with Gasteiger partial charge >= 0.3 is 0 Å². The molecule has 1 fully saturated rings. The van der Waals surface area contributed by atoms with E-state index in [0.717, 1.165) is 11.1 Å². The number of halogens is 1. The van der Waals surface area contributed by atoms with Crippen LogP contribution in [0.4, 0.5) is 0 Å². The third-order valence-corrected chi connectivity index (χ3v) is 6.21. The van der Waals surface area contributed by atoms with Crippen molar-refractivity contribution in [1.82, 2.24) is 4.90 Å². The summed E-state index contributed by atoms with van der Waals surface area (Å²) in [6.07, 6.45) is 0.746. The maximum atomic E-state index is 13.3. The predicted molar refractivity (Wildman–Crippen MR) is 132 cm³/mol. The molecule has 0 aromatic heterocycles. The summed E-state index contributed by atoms with van der Waals surface area (Å²) in [4.78, 5) is 28.1. The summed E-state index contributed by atoms with van der Waals surface area (Å²) < 4.78 is 0. The third kappa shape index (κ3) is 5.23. The third-order valence-electron chi connectivity index (χ3n) is 6.21. The first-order valence-electron chi connectivity index (χ1n) is 10.8. The lowest BCUT2D eigenvalue weighted by atomic mass is 9.72. The van der Waals surface area contributed by atoms with Gasteiger partial charge in [-0.15, -0.1) is 17.0 Å². The van der Waals surface area contributed by atoms with Crippen LogP contribution in [-0.4, -0.2) is 46.8 Å². The van der Waals surface area contributed by atoms with E-state index in [4.69, 9.17) is 0 Å². The highest BCUT2D eigenvalue weighted by molar-refractivity contribution is 8.93. The van der Waals surface area contributed by atoms with Crippen LogP contribution in [0, 0.1) is 0 Å². The molecule has 1 aliphatic heterocycles. The highest BCUT2D eigenvalue weighted by atomic mass is 79.9. The van der Waals surface area contributed by atoms with Crippen molar-refractivity contribution in [1.29, 1.82) is 0 Å². The SMILES string of the molecule is Br.O=C(CCN1CCC(O)(C(=O)c2ccccc2)C(c2ccccc2)C1)c1ccccc1. The van der Waals surface area contributed by atoms with Gasteiger partial charge in [0, 0.05) is 43.1 Å². The molecular weight excluding hydrogens is 466 g/mol. The predicted octanol–water partition coefficient (Wildman–Crippen LogP) is 4.94. The van der Waals surface area contributed by atoms with Crippen LogP contribution in [0.1, 0.15) is 45.0 Å².